The third-order valence-electron chi connectivity index (χ3n) is 2.57. The quantitative estimate of drug-likeness (QED) is 0.772. The van der Waals surface area contributed by atoms with Gasteiger partial charge in [0.25, 0.3) is 0 Å². The molecule has 1 aromatic carbocycles. The molecule has 2 N–H and O–H groups in total. The van der Waals surface area contributed by atoms with E-state index in [-0.39, 0.29) is 18.4 Å². The van der Waals surface area contributed by atoms with Crippen LogP contribution in [-0.2, 0) is 4.74 Å². The Labute approximate surface area is 95.9 Å². The number of aromatic hydroxyl groups is 1. The number of hydrogen-bond acceptors (Lipinski definition) is 3. The van der Waals surface area contributed by atoms with Gasteiger partial charge >= 0.3 is 0 Å². The van der Waals surface area contributed by atoms with Gasteiger partial charge in [0.05, 0.1) is 19.3 Å². The molecular weight excluding hydrogens is 214 g/mol. The number of aryl methyl sites for hydroxylation is 1. The maximum atomic E-state index is 9.85. The average molecular weight is 230 g/mol. The Hall–Kier alpha value is -0.770. The van der Waals surface area contributed by atoms with E-state index < -0.39 is 0 Å². The summed E-state index contributed by atoms with van der Waals surface area (Å²) in [5, 5.41) is 13.2. The van der Waals surface area contributed by atoms with Crippen LogP contribution in [0.4, 0.5) is 0 Å². The highest BCUT2D eigenvalue weighted by molar-refractivity contribution is 5.85. The Morgan fingerprint density at radius 3 is 2.93 bits per heavy atom. The molecule has 0 aromatic heterocycles. The average Bonchev–Trinajstić information content (AvgIpc) is 2.23. The summed E-state index contributed by atoms with van der Waals surface area (Å²) >= 11 is 0. The lowest BCUT2D eigenvalue weighted by molar-refractivity contribution is 0.0760. The van der Waals surface area contributed by atoms with Gasteiger partial charge in [0.15, 0.2) is 0 Å². The Morgan fingerprint density at radius 1 is 1.47 bits per heavy atom. The van der Waals surface area contributed by atoms with E-state index in [1.165, 1.54) is 0 Å². The van der Waals surface area contributed by atoms with Crippen molar-refractivity contribution in [1.29, 1.82) is 0 Å². The maximum absolute atomic E-state index is 9.85. The zero-order valence-electron chi connectivity index (χ0n) is 8.69. The van der Waals surface area contributed by atoms with E-state index in [0.29, 0.717) is 12.4 Å². The molecule has 0 unspecified atom stereocenters. The molecule has 1 aromatic rings. The molecule has 1 saturated heterocycles. The van der Waals surface area contributed by atoms with Gasteiger partial charge in [-0.25, -0.2) is 0 Å². The van der Waals surface area contributed by atoms with Crippen LogP contribution < -0.4 is 5.32 Å². The number of phenols is 1. The van der Waals surface area contributed by atoms with Crippen molar-refractivity contribution in [2.75, 3.05) is 19.8 Å². The molecule has 1 heterocycles. The number of para-hydroxylation sites is 1. The highest BCUT2D eigenvalue weighted by Crippen LogP contribution is 2.28. The van der Waals surface area contributed by atoms with Gasteiger partial charge in [0.2, 0.25) is 0 Å². The molecule has 1 fully saturated rings. The molecule has 1 atom stereocenters. The fourth-order valence-corrected chi connectivity index (χ4v) is 1.73. The summed E-state index contributed by atoms with van der Waals surface area (Å²) in [4.78, 5) is 0. The number of halogens is 1. The van der Waals surface area contributed by atoms with Crippen LogP contribution >= 0.6 is 12.4 Å². The fraction of sp³-hybridized carbons (Fsp3) is 0.455. The van der Waals surface area contributed by atoms with Crippen LogP contribution in [0.25, 0.3) is 0 Å². The third kappa shape index (κ3) is 2.62. The monoisotopic (exact) mass is 229 g/mol. The van der Waals surface area contributed by atoms with Crippen LogP contribution in [0, 0.1) is 6.92 Å². The van der Waals surface area contributed by atoms with Crippen LogP contribution in [0.1, 0.15) is 17.2 Å². The minimum absolute atomic E-state index is 0. The molecule has 0 amide bonds. The van der Waals surface area contributed by atoms with Crippen molar-refractivity contribution in [2.24, 2.45) is 0 Å². The second kappa shape index (κ2) is 5.35. The predicted octanol–water partition coefficient (Wildman–Crippen LogP) is 1.78. The van der Waals surface area contributed by atoms with Crippen molar-refractivity contribution in [3.63, 3.8) is 0 Å². The highest BCUT2D eigenvalue weighted by Gasteiger charge is 2.18. The normalized spacial score (nSPS) is 20.7. The van der Waals surface area contributed by atoms with Gasteiger partial charge in [-0.3, -0.25) is 0 Å². The summed E-state index contributed by atoms with van der Waals surface area (Å²) in [7, 11) is 0. The Bertz CT molecular complexity index is 324. The SMILES string of the molecule is Cc1cccc([C@H]2COCCN2)c1O.Cl. The molecular formula is C11H16ClNO2. The van der Waals surface area contributed by atoms with Gasteiger partial charge in [-0.2, -0.15) is 0 Å². The molecule has 4 heteroatoms. The number of ether oxygens (including phenoxy) is 1. The summed E-state index contributed by atoms with van der Waals surface area (Å²) in [6.07, 6.45) is 0. The predicted molar refractivity (Wildman–Crippen MR) is 61.7 cm³/mol. The first kappa shape index (κ1) is 12.3. The van der Waals surface area contributed by atoms with Crippen molar-refractivity contribution >= 4 is 12.4 Å². The Morgan fingerprint density at radius 2 is 2.27 bits per heavy atom. The minimum Gasteiger partial charge on any atom is -0.507 e. The molecule has 1 aliphatic heterocycles. The third-order valence-corrected chi connectivity index (χ3v) is 2.57. The van der Waals surface area contributed by atoms with Crippen LogP contribution in [0.3, 0.4) is 0 Å². The zero-order chi connectivity index (χ0) is 9.97. The molecule has 2 rings (SSSR count). The minimum atomic E-state index is 0. The summed E-state index contributed by atoms with van der Waals surface area (Å²) < 4.78 is 5.36. The summed E-state index contributed by atoms with van der Waals surface area (Å²) in [5.41, 5.74) is 1.85. The lowest BCUT2D eigenvalue weighted by Gasteiger charge is -2.25. The lowest BCUT2D eigenvalue weighted by Crippen LogP contribution is -2.34. The molecule has 0 saturated carbocycles. The number of phenolic OH excluding ortho intramolecular Hbond substituents is 1. The smallest absolute Gasteiger partial charge is 0.123 e. The van der Waals surface area contributed by atoms with Crippen molar-refractivity contribution < 1.29 is 9.84 Å². The molecule has 0 radical (unpaired) electrons. The van der Waals surface area contributed by atoms with E-state index in [1.807, 2.05) is 25.1 Å². The standard InChI is InChI=1S/C11H15NO2.ClH/c1-8-3-2-4-9(11(8)13)10-7-14-6-5-12-10;/h2-4,10,12-13H,5-7H2,1H3;1H/t10-;/m1./s1. The molecule has 84 valence electrons. The van der Waals surface area contributed by atoms with Crippen molar-refractivity contribution in [2.45, 2.75) is 13.0 Å². The maximum Gasteiger partial charge on any atom is 0.123 e. The summed E-state index contributed by atoms with van der Waals surface area (Å²) in [5.74, 6) is 0.385. The van der Waals surface area contributed by atoms with Gasteiger partial charge < -0.3 is 15.2 Å². The molecule has 3 nitrogen and oxygen atoms in total. The molecule has 15 heavy (non-hydrogen) atoms. The molecule has 1 aliphatic rings. The van der Waals surface area contributed by atoms with Crippen LogP contribution in [0.2, 0.25) is 0 Å². The van der Waals surface area contributed by atoms with Gasteiger partial charge in [-0.05, 0) is 12.5 Å². The molecule has 0 aliphatic carbocycles. The van der Waals surface area contributed by atoms with E-state index in [4.69, 9.17) is 4.74 Å². The zero-order valence-corrected chi connectivity index (χ0v) is 9.51. The van der Waals surface area contributed by atoms with E-state index in [0.717, 1.165) is 24.3 Å². The molecule has 0 spiro atoms. The first-order valence-corrected chi connectivity index (χ1v) is 4.88. The fourth-order valence-electron chi connectivity index (χ4n) is 1.73. The van der Waals surface area contributed by atoms with Crippen LogP contribution in [-0.4, -0.2) is 24.9 Å². The number of nitrogens with one attached hydrogen (secondary N) is 1. The van der Waals surface area contributed by atoms with Gasteiger partial charge in [0.1, 0.15) is 5.75 Å². The van der Waals surface area contributed by atoms with Gasteiger partial charge in [0, 0.05) is 12.1 Å². The van der Waals surface area contributed by atoms with Crippen molar-refractivity contribution in [3.8, 4) is 5.75 Å². The number of benzene rings is 1. The molecule has 0 bridgehead atoms. The van der Waals surface area contributed by atoms with E-state index in [2.05, 4.69) is 5.32 Å². The topological polar surface area (TPSA) is 41.5 Å². The summed E-state index contributed by atoms with van der Waals surface area (Å²) in [6, 6.07) is 5.93. The summed E-state index contributed by atoms with van der Waals surface area (Å²) in [6.45, 7) is 4.14. The van der Waals surface area contributed by atoms with Crippen LogP contribution in [0.5, 0.6) is 5.75 Å². The number of rotatable bonds is 1. The Kier molecular flexibility index (Phi) is 4.39. The van der Waals surface area contributed by atoms with Crippen molar-refractivity contribution in [1.82, 2.24) is 5.32 Å². The van der Waals surface area contributed by atoms with Crippen LogP contribution in [0.15, 0.2) is 18.2 Å². The largest absolute Gasteiger partial charge is 0.507 e. The first-order chi connectivity index (χ1) is 6.79. The van der Waals surface area contributed by atoms with E-state index in [1.54, 1.807) is 0 Å². The van der Waals surface area contributed by atoms with E-state index >= 15 is 0 Å². The number of hydrogen-bond donors (Lipinski definition) is 2. The highest BCUT2D eigenvalue weighted by atomic mass is 35.5. The second-order valence-corrected chi connectivity index (χ2v) is 3.59. The van der Waals surface area contributed by atoms with Crippen molar-refractivity contribution in [3.05, 3.63) is 29.3 Å². The second-order valence-electron chi connectivity index (χ2n) is 3.59. The first-order valence-electron chi connectivity index (χ1n) is 4.88. The number of morpholine rings is 1. The Balaban J connectivity index is 0.00000112. The van der Waals surface area contributed by atoms with Gasteiger partial charge in [-0.15, -0.1) is 12.4 Å². The lowest BCUT2D eigenvalue weighted by atomic mass is 10.0. The van der Waals surface area contributed by atoms with E-state index in [9.17, 15) is 5.11 Å². The van der Waals surface area contributed by atoms with Gasteiger partial charge in [-0.1, -0.05) is 18.2 Å².